The number of ether oxygens (including phenoxy) is 5. The average molecular weight is 530 g/mol. The van der Waals surface area contributed by atoms with Gasteiger partial charge >= 0.3 is 12.1 Å². The van der Waals surface area contributed by atoms with Crippen LogP contribution in [0.15, 0.2) is 48.5 Å². The molecule has 2 aromatic rings. The smallest absolute Gasteiger partial charge is 0.407 e. The maximum absolute atomic E-state index is 12.7. The molecule has 0 saturated carbocycles. The lowest BCUT2D eigenvalue weighted by Gasteiger charge is -2.21. The van der Waals surface area contributed by atoms with E-state index in [0.29, 0.717) is 32.8 Å². The number of alkyl carbamates (subject to hydrolysis) is 1. The monoisotopic (exact) mass is 529 g/mol. The van der Waals surface area contributed by atoms with E-state index >= 15 is 0 Å². The normalized spacial score (nSPS) is 14.0. The first-order chi connectivity index (χ1) is 18.4. The molecule has 208 valence electrons. The molecule has 2 unspecified atom stereocenters. The van der Waals surface area contributed by atoms with Gasteiger partial charge in [-0.2, -0.15) is 0 Å². The number of carbonyl (C=O) groups excluding carboxylic acids is 2. The summed E-state index contributed by atoms with van der Waals surface area (Å²) in [4.78, 5) is 25.4. The van der Waals surface area contributed by atoms with Gasteiger partial charge in [0.25, 0.3) is 0 Å². The van der Waals surface area contributed by atoms with Gasteiger partial charge in [-0.15, -0.1) is 0 Å². The number of amides is 1. The largest absolute Gasteiger partial charge is 0.461 e. The van der Waals surface area contributed by atoms with Crippen LogP contribution in [0.3, 0.4) is 0 Å². The molecule has 1 aliphatic carbocycles. The molecule has 0 radical (unpaired) electrons. The van der Waals surface area contributed by atoms with Gasteiger partial charge < -0.3 is 34.1 Å². The molecule has 0 aliphatic heterocycles. The van der Waals surface area contributed by atoms with Gasteiger partial charge in [-0.1, -0.05) is 62.4 Å². The summed E-state index contributed by atoms with van der Waals surface area (Å²) in [6.07, 6.45) is -1.31. The van der Waals surface area contributed by atoms with Gasteiger partial charge in [0.15, 0.2) is 0 Å². The highest BCUT2D eigenvalue weighted by atomic mass is 16.6. The summed E-state index contributed by atoms with van der Waals surface area (Å²) in [5.41, 5.74) is 4.49. The second-order valence-electron chi connectivity index (χ2n) is 9.62. The Balaban J connectivity index is 1.46. The first-order valence-electron chi connectivity index (χ1n) is 13.0. The van der Waals surface area contributed by atoms with Crippen molar-refractivity contribution in [3.8, 4) is 11.1 Å². The Kier molecular flexibility index (Phi) is 12.0. The number of esters is 1. The summed E-state index contributed by atoms with van der Waals surface area (Å²) in [6, 6.07) is 15.3. The summed E-state index contributed by atoms with van der Waals surface area (Å²) in [6.45, 7) is 5.42. The first-order valence-corrected chi connectivity index (χ1v) is 13.0. The molecule has 9 nitrogen and oxygen atoms in total. The predicted molar refractivity (Wildman–Crippen MR) is 142 cm³/mol. The second-order valence-corrected chi connectivity index (χ2v) is 9.62. The molecule has 1 aliphatic rings. The highest BCUT2D eigenvalue weighted by Crippen LogP contribution is 2.44. The molecule has 2 atom stereocenters. The van der Waals surface area contributed by atoms with Crippen molar-refractivity contribution >= 4 is 12.1 Å². The summed E-state index contributed by atoms with van der Waals surface area (Å²) in [7, 11) is 1.59. The quantitative estimate of drug-likeness (QED) is 0.251. The number of fused-ring (bicyclic) bond motifs is 3. The fraction of sp³-hybridized carbons (Fsp3) is 0.517. The second kappa shape index (κ2) is 15.4. The van der Waals surface area contributed by atoms with Gasteiger partial charge in [0.1, 0.15) is 25.4 Å². The number of methoxy groups -OCH3 is 1. The van der Waals surface area contributed by atoms with Gasteiger partial charge in [-0.05, 0) is 34.6 Å². The summed E-state index contributed by atoms with van der Waals surface area (Å²) >= 11 is 0. The molecule has 0 fully saturated rings. The van der Waals surface area contributed by atoms with Gasteiger partial charge in [0.2, 0.25) is 0 Å². The maximum atomic E-state index is 12.7. The van der Waals surface area contributed by atoms with Gasteiger partial charge in [-0.3, -0.25) is 0 Å². The van der Waals surface area contributed by atoms with Crippen LogP contribution in [0.5, 0.6) is 0 Å². The minimum atomic E-state index is -0.993. The summed E-state index contributed by atoms with van der Waals surface area (Å²) in [5, 5.41) is 12.7. The number of rotatable bonds is 16. The Morgan fingerprint density at radius 2 is 1.47 bits per heavy atom. The number of hydrogen-bond acceptors (Lipinski definition) is 8. The van der Waals surface area contributed by atoms with Gasteiger partial charge in [-0.25, -0.2) is 9.59 Å². The molecule has 1 amide bonds. The van der Waals surface area contributed by atoms with E-state index in [1.54, 1.807) is 7.11 Å². The van der Waals surface area contributed by atoms with Crippen LogP contribution in [0.4, 0.5) is 4.79 Å². The van der Waals surface area contributed by atoms with Crippen molar-refractivity contribution in [1.82, 2.24) is 5.32 Å². The Hall–Kier alpha value is -2.98. The molecule has 0 saturated heterocycles. The van der Waals surface area contributed by atoms with Crippen LogP contribution in [-0.2, 0) is 28.5 Å². The molecule has 0 heterocycles. The molecule has 0 bridgehead atoms. The lowest BCUT2D eigenvalue weighted by atomic mass is 9.98. The van der Waals surface area contributed by atoms with Gasteiger partial charge in [0.05, 0.1) is 33.0 Å². The van der Waals surface area contributed by atoms with Crippen molar-refractivity contribution in [3.63, 3.8) is 0 Å². The number of aliphatic hydroxyl groups is 1. The fourth-order valence-electron chi connectivity index (χ4n) is 4.38. The molecule has 0 spiro atoms. The van der Waals surface area contributed by atoms with E-state index in [4.69, 9.17) is 23.7 Å². The Labute approximate surface area is 224 Å². The van der Waals surface area contributed by atoms with Crippen LogP contribution in [0, 0.1) is 5.92 Å². The van der Waals surface area contributed by atoms with Crippen LogP contribution in [0.25, 0.3) is 11.1 Å². The topological polar surface area (TPSA) is 113 Å². The molecule has 38 heavy (non-hydrogen) atoms. The molecule has 0 aromatic heterocycles. The van der Waals surface area contributed by atoms with E-state index in [-0.39, 0.29) is 31.7 Å². The van der Waals surface area contributed by atoms with Crippen LogP contribution in [0.1, 0.15) is 37.3 Å². The maximum Gasteiger partial charge on any atom is 0.407 e. The number of hydrogen-bond donors (Lipinski definition) is 2. The van der Waals surface area contributed by atoms with Crippen LogP contribution in [-0.4, -0.2) is 82.7 Å². The zero-order valence-electron chi connectivity index (χ0n) is 22.4. The van der Waals surface area contributed by atoms with Crippen molar-refractivity contribution in [1.29, 1.82) is 0 Å². The fourth-order valence-corrected chi connectivity index (χ4v) is 4.38. The van der Waals surface area contributed by atoms with Crippen LogP contribution in [0.2, 0.25) is 0 Å². The number of nitrogens with one attached hydrogen (secondary N) is 1. The molecular weight excluding hydrogens is 490 g/mol. The number of benzene rings is 2. The first kappa shape index (κ1) is 29.6. The lowest BCUT2D eigenvalue weighted by molar-refractivity contribution is -0.150. The van der Waals surface area contributed by atoms with E-state index in [9.17, 15) is 14.7 Å². The predicted octanol–water partition coefficient (Wildman–Crippen LogP) is 3.52. The minimum absolute atomic E-state index is 0.00439. The average Bonchev–Trinajstić information content (AvgIpc) is 3.23. The zero-order chi connectivity index (χ0) is 27.3. The highest BCUT2D eigenvalue weighted by molar-refractivity contribution is 5.82. The summed E-state index contributed by atoms with van der Waals surface area (Å²) < 4.78 is 26.3. The Bertz CT molecular complexity index is 982. The molecule has 3 rings (SSSR count). The van der Waals surface area contributed by atoms with E-state index < -0.39 is 24.2 Å². The number of carbonyl (C=O) groups is 2. The van der Waals surface area contributed by atoms with Crippen molar-refractivity contribution in [3.05, 3.63) is 59.7 Å². The third-order valence-corrected chi connectivity index (χ3v) is 6.16. The summed E-state index contributed by atoms with van der Waals surface area (Å²) in [5.74, 6) is -0.592. The Morgan fingerprint density at radius 1 is 0.868 bits per heavy atom. The third-order valence-electron chi connectivity index (χ3n) is 6.16. The SMILES string of the molecule is COCCOCCOCC(O)COC(=O)C(CC(C)C)NC(=O)OCC1c2ccccc2-c2ccccc21. The highest BCUT2D eigenvalue weighted by Gasteiger charge is 2.30. The van der Waals surface area contributed by atoms with Crippen molar-refractivity contribution < 1.29 is 38.4 Å². The van der Waals surface area contributed by atoms with E-state index in [1.807, 2.05) is 50.2 Å². The Morgan fingerprint density at radius 3 is 2.11 bits per heavy atom. The third kappa shape index (κ3) is 8.80. The molecule has 2 aromatic carbocycles. The van der Waals surface area contributed by atoms with Crippen LogP contribution < -0.4 is 5.32 Å². The van der Waals surface area contributed by atoms with Crippen molar-refractivity contribution in [2.24, 2.45) is 5.92 Å². The van der Waals surface area contributed by atoms with E-state index in [2.05, 4.69) is 17.4 Å². The molecule has 9 heteroatoms. The molecular formula is C29H39NO8. The number of aliphatic hydroxyl groups excluding tert-OH is 1. The lowest BCUT2D eigenvalue weighted by Crippen LogP contribution is -2.44. The van der Waals surface area contributed by atoms with E-state index in [0.717, 1.165) is 22.3 Å². The zero-order valence-corrected chi connectivity index (χ0v) is 22.4. The van der Waals surface area contributed by atoms with Crippen molar-refractivity contribution in [2.75, 3.05) is 53.4 Å². The van der Waals surface area contributed by atoms with Gasteiger partial charge in [0, 0.05) is 13.0 Å². The standard InChI is InChI=1S/C29H39NO8/c1-20(2)16-27(28(32)37-18-21(31)17-36-15-14-35-13-12-34-3)30-29(33)38-19-26-24-10-6-4-8-22(24)23-9-5-7-11-25(23)26/h4-11,20-21,26-27,31H,12-19H2,1-3H3,(H,30,33). The molecule has 2 N–H and O–H groups in total. The van der Waals surface area contributed by atoms with E-state index in [1.165, 1.54) is 0 Å². The van der Waals surface area contributed by atoms with Crippen LogP contribution >= 0.6 is 0 Å². The van der Waals surface area contributed by atoms with Crippen molar-refractivity contribution in [2.45, 2.75) is 38.3 Å². The minimum Gasteiger partial charge on any atom is -0.461 e.